The van der Waals surface area contributed by atoms with Crippen molar-refractivity contribution in [1.82, 2.24) is 14.3 Å². The second-order valence-electron chi connectivity index (χ2n) is 4.85. The summed E-state index contributed by atoms with van der Waals surface area (Å²) in [6, 6.07) is 6.14. The number of rotatable bonds is 3. The third-order valence-corrected chi connectivity index (χ3v) is 3.55. The number of nitrogens with zero attached hydrogens (tertiary/aromatic N) is 3. The fraction of sp³-hybridized carbons (Fsp3) is 0.500. The molecule has 0 amide bonds. The minimum Gasteiger partial charge on any atom is -0.307 e. The molecule has 2 aromatic heterocycles. The van der Waals surface area contributed by atoms with Gasteiger partial charge < -0.3 is 9.30 Å². The predicted molar refractivity (Wildman–Crippen MR) is 69.2 cm³/mol. The topological polar surface area (TPSA) is 20.5 Å². The lowest BCUT2D eigenvalue weighted by Gasteiger charge is -2.25. The van der Waals surface area contributed by atoms with Crippen molar-refractivity contribution in [2.45, 2.75) is 25.7 Å². The molecular weight excluding hydrogens is 210 g/mol. The summed E-state index contributed by atoms with van der Waals surface area (Å²) < 4.78 is 2.10. The molecule has 3 heterocycles. The Morgan fingerprint density at radius 1 is 1.12 bits per heavy atom. The van der Waals surface area contributed by atoms with Crippen LogP contribution in [0.1, 0.15) is 25.0 Å². The van der Waals surface area contributed by atoms with E-state index in [4.69, 9.17) is 0 Å². The van der Waals surface area contributed by atoms with Gasteiger partial charge in [0, 0.05) is 25.4 Å². The average molecular weight is 229 g/mol. The highest BCUT2D eigenvalue weighted by atomic mass is 15.1. The van der Waals surface area contributed by atoms with Crippen LogP contribution >= 0.6 is 0 Å². The lowest BCUT2D eigenvalue weighted by molar-refractivity contribution is 0.231. The van der Waals surface area contributed by atoms with Gasteiger partial charge in [0.25, 0.3) is 0 Å². The fourth-order valence-corrected chi connectivity index (χ4v) is 2.56. The lowest BCUT2D eigenvalue weighted by Crippen LogP contribution is -2.31. The summed E-state index contributed by atoms with van der Waals surface area (Å²) >= 11 is 0. The largest absolute Gasteiger partial charge is 0.307 e. The zero-order valence-electron chi connectivity index (χ0n) is 10.2. The van der Waals surface area contributed by atoms with Gasteiger partial charge in [-0.25, -0.2) is 4.98 Å². The Hall–Kier alpha value is -1.35. The Kier molecular flexibility index (Phi) is 3.10. The smallest absolute Gasteiger partial charge is 0.136 e. The van der Waals surface area contributed by atoms with Crippen LogP contribution in [-0.2, 0) is 6.42 Å². The van der Waals surface area contributed by atoms with E-state index >= 15 is 0 Å². The molecule has 90 valence electrons. The van der Waals surface area contributed by atoms with E-state index in [2.05, 4.69) is 32.7 Å². The maximum atomic E-state index is 4.63. The maximum absolute atomic E-state index is 4.63. The molecule has 3 nitrogen and oxygen atoms in total. The van der Waals surface area contributed by atoms with Crippen molar-refractivity contribution < 1.29 is 0 Å². The minimum atomic E-state index is 1.06. The monoisotopic (exact) mass is 229 g/mol. The highest BCUT2D eigenvalue weighted by Gasteiger charge is 2.10. The first-order chi connectivity index (χ1) is 8.42. The molecule has 1 saturated heterocycles. The van der Waals surface area contributed by atoms with Gasteiger partial charge in [-0.2, -0.15) is 0 Å². The molecule has 0 bridgehead atoms. The van der Waals surface area contributed by atoms with Crippen molar-refractivity contribution in [2.75, 3.05) is 19.6 Å². The Labute approximate surface area is 102 Å². The van der Waals surface area contributed by atoms with Crippen molar-refractivity contribution in [2.24, 2.45) is 0 Å². The number of imidazole rings is 1. The van der Waals surface area contributed by atoms with E-state index in [1.54, 1.807) is 0 Å². The van der Waals surface area contributed by atoms with Crippen LogP contribution in [0.4, 0.5) is 0 Å². The average Bonchev–Trinajstić information content (AvgIpc) is 2.80. The van der Waals surface area contributed by atoms with Crippen molar-refractivity contribution >= 4 is 5.65 Å². The summed E-state index contributed by atoms with van der Waals surface area (Å²) in [4.78, 5) is 7.20. The van der Waals surface area contributed by atoms with Gasteiger partial charge in [0.2, 0.25) is 0 Å². The summed E-state index contributed by atoms with van der Waals surface area (Å²) in [7, 11) is 0. The molecule has 2 aromatic rings. The minimum absolute atomic E-state index is 1.06. The van der Waals surface area contributed by atoms with E-state index in [-0.39, 0.29) is 0 Å². The van der Waals surface area contributed by atoms with Gasteiger partial charge in [0.05, 0.1) is 5.69 Å². The van der Waals surface area contributed by atoms with Gasteiger partial charge in [-0.1, -0.05) is 12.5 Å². The quantitative estimate of drug-likeness (QED) is 0.805. The number of pyridine rings is 1. The van der Waals surface area contributed by atoms with E-state index in [1.165, 1.54) is 38.0 Å². The predicted octanol–water partition coefficient (Wildman–Crippen LogP) is 2.36. The molecular formula is C14H19N3. The van der Waals surface area contributed by atoms with Crippen molar-refractivity contribution in [1.29, 1.82) is 0 Å². The zero-order valence-corrected chi connectivity index (χ0v) is 10.2. The lowest BCUT2D eigenvalue weighted by atomic mass is 10.1. The van der Waals surface area contributed by atoms with E-state index in [0.29, 0.717) is 0 Å². The first-order valence-corrected chi connectivity index (χ1v) is 6.57. The molecule has 17 heavy (non-hydrogen) atoms. The number of hydrogen-bond acceptors (Lipinski definition) is 2. The van der Waals surface area contributed by atoms with Crippen molar-refractivity contribution in [3.05, 3.63) is 36.3 Å². The van der Waals surface area contributed by atoms with Gasteiger partial charge in [0.1, 0.15) is 5.65 Å². The summed E-state index contributed by atoms with van der Waals surface area (Å²) in [6.45, 7) is 3.70. The molecule has 3 rings (SSSR count). The molecule has 0 spiro atoms. The van der Waals surface area contributed by atoms with Gasteiger partial charge in [-0.05, 0) is 38.1 Å². The normalized spacial score (nSPS) is 17.6. The van der Waals surface area contributed by atoms with Crippen molar-refractivity contribution in [3.63, 3.8) is 0 Å². The SMILES string of the molecule is c1ccn2cc(CCN3CCCCC3)nc2c1. The summed E-state index contributed by atoms with van der Waals surface area (Å²) in [5.41, 5.74) is 2.27. The Bertz CT molecular complexity index is 450. The van der Waals surface area contributed by atoms with Gasteiger partial charge in [-0.15, -0.1) is 0 Å². The second-order valence-corrected chi connectivity index (χ2v) is 4.85. The van der Waals surface area contributed by atoms with E-state index in [0.717, 1.165) is 18.6 Å². The van der Waals surface area contributed by atoms with E-state index in [9.17, 15) is 0 Å². The maximum Gasteiger partial charge on any atom is 0.136 e. The Morgan fingerprint density at radius 3 is 2.82 bits per heavy atom. The molecule has 0 aliphatic carbocycles. The van der Waals surface area contributed by atoms with Crippen LogP contribution in [0, 0.1) is 0 Å². The van der Waals surface area contributed by atoms with Gasteiger partial charge >= 0.3 is 0 Å². The summed E-state index contributed by atoms with van der Waals surface area (Å²) in [6.07, 6.45) is 9.43. The Balaban J connectivity index is 1.64. The molecule has 0 saturated carbocycles. The molecule has 0 atom stereocenters. The first kappa shape index (κ1) is 10.8. The van der Waals surface area contributed by atoms with E-state index < -0.39 is 0 Å². The molecule has 0 unspecified atom stereocenters. The van der Waals surface area contributed by atoms with Crippen LogP contribution in [0.25, 0.3) is 5.65 Å². The van der Waals surface area contributed by atoms with Crippen molar-refractivity contribution in [3.8, 4) is 0 Å². The molecule has 1 aliphatic heterocycles. The summed E-state index contributed by atoms with van der Waals surface area (Å²) in [5, 5.41) is 0. The third-order valence-electron chi connectivity index (χ3n) is 3.55. The number of aromatic nitrogens is 2. The number of likely N-dealkylation sites (tertiary alicyclic amines) is 1. The molecule has 0 aromatic carbocycles. The number of hydrogen-bond donors (Lipinski definition) is 0. The first-order valence-electron chi connectivity index (χ1n) is 6.57. The van der Waals surface area contributed by atoms with Gasteiger partial charge in [-0.3, -0.25) is 0 Å². The zero-order chi connectivity index (χ0) is 11.5. The van der Waals surface area contributed by atoms with Crippen LogP contribution in [0.15, 0.2) is 30.6 Å². The van der Waals surface area contributed by atoms with E-state index in [1.807, 2.05) is 12.1 Å². The molecule has 1 fully saturated rings. The van der Waals surface area contributed by atoms with Crippen LogP contribution < -0.4 is 0 Å². The fourth-order valence-electron chi connectivity index (χ4n) is 2.56. The highest BCUT2D eigenvalue weighted by molar-refractivity contribution is 5.39. The second kappa shape index (κ2) is 4.88. The highest BCUT2D eigenvalue weighted by Crippen LogP contribution is 2.10. The summed E-state index contributed by atoms with van der Waals surface area (Å²) in [5.74, 6) is 0. The third kappa shape index (κ3) is 2.50. The van der Waals surface area contributed by atoms with Crippen LogP contribution in [-0.4, -0.2) is 33.9 Å². The molecule has 3 heteroatoms. The number of fused-ring (bicyclic) bond motifs is 1. The standard InChI is InChI=1S/C14H19N3/c1-3-8-16(9-4-1)11-7-13-12-17-10-5-2-6-14(17)15-13/h2,5-6,10,12H,1,3-4,7-9,11H2. The molecule has 0 N–H and O–H groups in total. The number of piperidine rings is 1. The van der Waals surface area contributed by atoms with Crippen LogP contribution in [0.3, 0.4) is 0 Å². The molecule has 1 aliphatic rings. The van der Waals surface area contributed by atoms with Gasteiger partial charge in [0.15, 0.2) is 0 Å². The van der Waals surface area contributed by atoms with Crippen LogP contribution in [0.2, 0.25) is 0 Å². The molecule has 0 radical (unpaired) electrons. The Morgan fingerprint density at radius 2 is 2.00 bits per heavy atom. The van der Waals surface area contributed by atoms with Crippen LogP contribution in [0.5, 0.6) is 0 Å².